The van der Waals surface area contributed by atoms with Crippen molar-refractivity contribution in [1.29, 1.82) is 0 Å². The normalized spacial score (nSPS) is 25.8. The van der Waals surface area contributed by atoms with Crippen molar-refractivity contribution >= 4 is 5.91 Å². The van der Waals surface area contributed by atoms with Crippen molar-refractivity contribution in [2.45, 2.75) is 17.5 Å². The maximum atomic E-state index is 11.8. The number of hydrogen-bond acceptors (Lipinski definition) is 6. The first-order chi connectivity index (χ1) is 7.52. The number of carbonyl (C=O) groups is 1. The van der Waals surface area contributed by atoms with Crippen LogP contribution in [0.3, 0.4) is 0 Å². The zero-order chi connectivity index (χ0) is 12.2. The van der Waals surface area contributed by atoms with Crippen LogP contribution in [0.25, 0.3) is 0 Å². The van der Waals surface area contributed by atoms with Crippen LogP contribution < -0.4 is 11.1 Å². The molecule has 0 aromatic heterocycles. The molecule has 7 nitrogen and oxygen atoms in total. The average Bonchev–Trinajstić information content (AvgIpc) is 2.74. The van der Waals surface area contributed by atoms with Crippen molar-refractivity contribution in [3.05, 3.63) is 0 Å². The maximum absolute atomic E-state index is 11.8. The maximum Gasteiger partial charge on any atom is 0.243 e. The van der Waals surface area contributed by atoms with Gasteiger partial charge in [0.05, 0.1) is 26.4 Å². The second kappa shape index (κ2) is 5.07. The van der Waals surface area contributed by atoms with Gasteiger partial charge in [0.2, 0.25) is 5.91 Å². The van der Waals surface area contributed by atoms with Crippen LogP contribution in [0.1, 0.15) is 6.42 Å². The fourth-order valence-corrected chi connectivity index (χ4v) is 1.39. The molecule has 0 aromatic rings. The Bertz CT molecular complexity index is 240. The molecule has 1 saturated heterocycles. The third kappa shape index (κ3) is 2.50. The number of carbonyl (C=O) groups excluding carboxylic acids is 1. The zero-order valence-corrected chi connectivity index (χ0v) is 8.98. The lowest BCUT2D eigenvalue weighted by atomic mass is 9.95. The summed E-state index contributed by atoms with van der Waals surface area (Å²) in [6, 6.07) is 0. The lowest BCUT2D eigenvalue weighted by molar-refractivity contribution is -0.130. The van der Waals surface area contributed by atoms with E-state index in [4.69, 9.17) is 25.8 Å². The van der Waals surface area contributed by atoms with Gasteiger partial charge in [-0.25, -0.2) is 0 Å². The number of nitrogens with two attached hydrogens (primary N) is 1. The topological polar surface area (TPSA) is 125 Å². The second-order valence-corrected chi connectivity index (χ2v) is 4.17. The van der Waals surface area contributed by atoms with Crippen LogP contribution in [0.15, 0.2) is 0 Å². The van der Waals surface area contributed by atoms with Crippen molar-refractivity contribution in [3.63, 3.8) is 0 Å². The van der Waals surface area contributed by atoms with Gasteiger partial charge < -0.3 is 31.1 Å². The number of rotatable bonds is 5. The zero-order valence-electron chi connectivity index (χ0n) is 8.98. The predicted octanol–water partition coefficient (Wildman–Crippen LogP) is -3.06. The van der Waals surface area contributed by atoms with Gasteiger partial charge in [0.25, 0.3) is 0 Å². The van der Waals surface area contributed by atoms with Crippen LogP contribution in [0.5, 0.6) is 0 Å². The van der Waals surface area contributed by atoms with Crippen LogP contribution in [0.4, 0.5) is 0 Å². The number of nitrogens with one attached hydrogen (secondary N) is 1. The minimum atomic E-state index is -1.44. The Balaban J connectivity index is 2.68. The quantitative estimate of drug-likeness (QED) is 0.344. The van der Waals surface area contributed by atoms with Gasteiger partial charge in [-0.1, -0.05) is 0 Å². The largest absolute Gasteiger partial charge is 0.394 e. The third-order valence-electron chi connectivity index (χ3n) is 2.79. The molecule has 7 heteroatoms. The highest BCUT2D eigenvalue weighted by atomic mass is 16.5. The van der Waals surface area contributed by atoms with Crippen molar-refractivity contribution < 1.29 is 24.9 Å². The van der Waals surface area contributed by atoms with Crippen molar-refractivity contribution in [2.75, 3.05) is 33.0 Å². The summed E-state index contributed by atoms with van der Waals surface area (Å²) < 4.78 is 5.02. The third-order valence-corrected chi connectivity index (χ3v) is 2.79. The lowest BCUT2D eigenvalue weighted by Gasteiger charge is -2.32. The highest BCUT2D eigenvalue weighted by molar-refractivity contribution is 5.87. The van der Waals surface area contributed by atoms with E-state index >= 15 is 0 Å². The van der Waals surface area contributed by atoms with Crippen LogP contribution in [0.2, 0.25) is 0 Å². The van der Waals surface area contributed by atoms with Crippen molar-refractivity contribution in [1.82, 2.24) is 5.32 Å². The molecule has 1 rings (SSSR count). The van der Waals surface area contributed by atoms with E-state index < -0.39 is 36.8 Å². The average molecular weight is 234 g/mol. The number of ether oxygens (including phenoxy) is 1. The molecule has 1 atom stereocenters. The molecule has 1 heterocycles. The van der Waals surface area contributed by atoms with Crippen molar-refractivity contribution in [3.8, 4) is 0 Å². The summed E-state index contributed by atoms with van der Waals surface area (Å²) in [6.45, 7) is -1.21. The fourth-order valence-electron chi connectivity index (χ4n) is 1.39. The summed E-state index contributed by atoms with van der Waals surface area (Å²) in [5, 5.41) is 29.5. The van der Waals surface area contributed by atoms with Gasteiger partial charge >= 0.3 is 0 Å². The Hall–Kier alpha value is -0.730. The number of aliphatic hydroxyl groups excluding tert-OH is 3. The van der Waals surface area contributed by atoms with Crippen LogP contribution >= 0.6 is 0 Å². The van der Waals surface area contributed by atoms with Crippen LogP contribution in [-0.2, 0) is 9.53 Å². The van der Waals surface area contributed by atoms with E-state index in [2.05, 4.69) is 5.32 Å². The second-order valence-electron chi connectivity index (χ2n) is 4.17. The molecule has 0 aliphatic carbocycles. The summed E-state index contributed by atoms with van der Waals surface area (Å²) in [5.41, 5.74) is 3.21. The van der Waals surface area contributed by atoms with Crippen LogP contribution in [-0.4, -0.2) is 65.3 Å². The summed E-state index contributed by atoms with van der Waals surface area (Å²) in [7, 11) is 0. The molecule has 6 N–H and O–H groups in total. The summed E-state index contributed by atoms with van der Waals surface area (Å²) in [5.74, 6) is -0.540. The van der Waals surface area contributed by atoms with E-state index in [0.717, 1.165) is 0 Å². The Labute approximate surface area is 93.2 Å². The van der Waals surface area contributed by atoms with E-state index in [1.165, 1.54) is 0 Å². The van der Waals surface area contributed by atoms with Gasteiger partial charge in [-0.15, -0.1) is 0 Å². The van der Waals surface area contributed by atoms with E-state index in [1.54, 1.807) is 0 Å². The summed E-state index contributed by atoms with van der Waals surface area (Å²) >= 11 is 0. The van der Waals surface area contributed by atoms with Gasteiger partial charge in [-0.05, 0) is 6.42 Å². The molecular weight excluding hydrogens is 216 g/mol. The fraction of sp³-hybridized carbons (Fsp3) is 0.889. The van der Waals surface area contributed by atoms with E-state index in [0.29, 0.717) is 13.0 Å². The molecule has 16 heavy (non-hydrogen) atoms. The van der Waals surface area contributed by atoms with Gasteiger partial charge in [-0.3, -0.25) is 4.79 Å². The molecule has 1 fully saturated rings. The monoisotopic (exact) mass is 234 g/mol. The van der Waals surface area contributed by atoms with Gasteiger partial charge in [0.1, 0.15) is 11.1 Å². The highest BCUT2D eigenvalue weighted by Crippen LogP contribution is 2.17. The molecule has 1 aliphatic heterocycles. The minimum absolute atomic E-state index is 0.0944. The molecule has 0 saturated carbocycles. The molecule has 94 valence electrons. The molecule has 1 aliphatic rings. The van der Waals surface area contributed by atoms with Gasteiger partial charge in [0.15, 0.2) is 0 Å². The number of aliphatic hydroxyl groups is 3. The smallest absolute Gasteiger partial charge is 0.243 e. The minimum Gasteiger partial charge on any atom is -0.394 e. The molecule has 1 amide bonds. The molecule has 1 unspecified atom stereocenters. The number of hydrogen-bond donors (Lipinski definition) is 5. The van der Waals surface area contributed by atoms with Gasteiger partial charge in [-0.2, -0.15) is 0 Å². The Kier molecular flexibility index (Phi) is 4.22. The Morgan fingerprint density at radius 2 is 1.94 bits per heavy atom. The lowest BCUT2D eigenvalue weighted by Crippen LogP contribution is -2.64. The molecule has 0 aromatic carbocycles. The SMILES string of the molecule is NC1(C(=O)NC(CO)(CO)CO)CCOC1. The van der Waals surface area contributed by atoms with Crippen molar-refractivity contribution in [2.24, 2.45) is 5.73 Å². The first-order valence-corrected chi connectivity index (χ1v) is 5.04. The van der Waals surface area contributed by atoms with Gasteiger partial charge in [0, 0.05) is 6.61 Å². The molecule has 0 spiro atoms. The molecule has 0 bridgehead atoms. The molecular formula is C9H18N2O5. The summed E-state index contributed by atoms with van der Waals surface area (Å²) in [4.78, 5) is 11.8. The first kappa shape index (κ1) is 13.3. The molecule has 0 radical (unpaired) electrons. The Morgan fingerprint density at radius 3 is 2.31 bits per heavy atom. The summed E-state index contributed by atoms with van der Waals surface area (Å²) in [6.07, 6.45) is 0.372. The van der Waals surface area contributed by atoms with E-state index in [9.17, 15) is 4.79 Å². The van der Waals surface area contributed by atoms with E-state index in [-0.39, 0.29) is 6.61 Å². The number of amides is 1. The standard InChI is InChI=1S/C9H18N2O5/c10-9(1-2-16-6-9)7(15)11-8(3-12,4-13)5-14/h12-14H,1-6,10H2,(H,11,15). The first-order valence-electron chi connectivity index (χ1n) is 5.04. The predicted molar refractivity (Wildman–Crippen MR) is 54.5 cm³/mol. The van der Waals surface area contributed by atoms with E-state index in [1.807, 2.05) is 0 Å². The Morgan fingerprint density at radius 1 is 1.38 bits per heavy atom. The highest BCUT2D eigenvalue weighted by Gasteiger charge is 2.42. The van der Waals surface area contributed by atoms with Crippen LogP contribution in [0, 0.1) is 0 Å².